The average molecular weight is 321 g/mol. The van der Waals surface area contributed by atoms with Crippen molar-refractivity contribution in [2.24, 2.45) is 0 Å². The van der Waals surface area contributed by atoms with Crippen LogP contribution in [-0.2, 0) is 16.1 Å². The monoisotopic (exact) mass is 321 g/mol. The normalized spacial score (nSPS) is 10.9. The van der Waals surface area contributed by atoms with E-state index in [1.54, 1.807) is 36.4 Å². The van der Waals surface area contributed by atoms with Gasteiger partial charge in [0.05, 0.1) is 22.6 Å². The molecule has 2 aromatic carbocycles. The lowest BCUT2D eigenvalue weighted by Gasteiger charge is -2.11. The molecule has 0 N–H and O–H groups in total. The van der Waals surface area contributed by atoms with E-state index in [9.17, 15) is 20.2 Å². The average Bonchev–Trinajstić information content (AvgIpc) is 2.61. The highest BCUT2D eigenvalue weighted by Crippen LogP contribution is 2.25. The molecule has 0 aliphatic rings. The van der Waals surface area contributed by atoms with Gasteiger partial charge in [-0.1, -0.05) is 30.3 Å². The molecule has 0 aliphatic carbocycles. The summed E-state index contributed by atoms with van der Waals surface area (Å²) < 4.78 is 5.11. The van der Waals surface area contributed by atoms with Gasteiger partial charge in [-0.05, 0) is 17.2 Å². The zero-order chi connectivity index (χ0) is 17.5. The van der Waals surface area contributed by atoms with Gasteiger partial charge in [0, 0.05) is 12.1 Å². The Kier molecular flexibility index (Phi) is 5.22. The van der Waals surface area contributed by atoms with Crippen LogP contribution in [0, 0.1) is 32.8 Å². The van der Waals surface area contributed by atoms with Crippen LogP contribution in [0.3, 0.4) is 0 Å². The van der Waals surface area contributed by atoms with Gasteiger partial charge < -0.3 is 4.74 Å². The Bertz CT molecular complexity index is 850. The molecule has 0 aliphatic heterocycles. The van der Waals surface area contributed by atoms with Crippen molar-refractivity contribution in [3.05, 3.63) is 75.3 Å². The molecule has 0 radical (unpaired) electrons. The van der Waals surface area contributed by atoms with Crippen molar-refractivity contribution in [3.63, 3.8) is 0 Å². The maximum Gasteiger partial charge on any atom is 0.328 e. The van der Waals surface area contributed by atoms with E-state index in [0.29, 0.717) is 0 Å². The molecule has 0 spiro atoms. The number of benzene rings is 2. The smallest absolute Gasteiger partial charge is 0.328 e. The number of nitrogens with zero attached hydrogens (tertiary/aromatic N) is 3. The first kappa shape index (κ1) is 16.7. The van der Waals surface area contributed by atoms with Crippen LogP contribution in [0.4, 0.5) is 5.69 Å². The first-order valence-electron chi connectivity index (χ1n) is 6.85. The van der Waals surface area contributed by atoms with Crippen LogP contribution in [0.2, 0.25) is 0 Å². The molecule has 0 amide bonds. The highest BCUT2D eigenvalue weighted by Gasteiger charge is 2.26. The van der Waals surface area contributed by atoms with Gasteiger partial charge in [0.1, 0.15) is 6.61 Å². The quantitative estimate of drug-likeness (QED) is 0.475. The van der Waals surface area contributed by atoms with E-state index < -0.39 is 16.8 Å². The molecule has 2 aromatic rings. The molecule has 0 bridgehead atoms. The fraction of sp³-hybridized carbons (Fsp3) is 0.118. The van der Waals surface area contributed by atoms with E-state index in [2.05, 4.69) is 0 Å². The molecule has 7 nitrogen and oxygen atoms in total. The molecule has 24 heavy (non-hydrogen) atoms. The van der Waals surface area contributed by atoms with Crippen molar-refractivity contribution < 1.29 is 14.5 Å². The van der Waals surface area contributed by atoms with Crippen LogP contribution in [0.5, 0.6) is 0 Å². The van der Waals surface area contributed by atoms with Gasteiger partial charge in [0.25, 0.3) is 5.69 Å². The van der Waals surface area contributed by atoms with E-state index in [1.807, 2.05) is 6.07 Å². The van der Waals surface area contributed by atoms with Gasteiger partial charge in [-0.25, -0.2) is 0 Å². The van der Waals surface area contributed by atoms with E-state index in [4.69, 9.17) is 10.00 Å². The summed E-state index contributed by atoms with van der Waals surface area (Å²) in [5, 5.41) is 29.1. The lowest BCUT2D eigenvalue weighted by atomic mass is 9.95. The van der Waals surface area contributed by atoms with Crippen molar-refractivity contribution in [1.29, 1.82) is 10.5 Å². The number of esters is 1. The van der Waals surface area contributed by atoms with Gasteiger partial charge in [-0.2, -0.15) is 10.5 Å². The topological polar surface area (TPSA) is 117 Å². The number of hydrogen-bond acceptors (Lipinski definition) is 6. The Hall–Kier alpha value is -3.71. The number of nitro benzene ring substituents is 1. The molecule has 1 unspecified atom stereocenters. The van der Waals surface area contributed by atoms with E-state index >= 15 is 0 Å². The summed E-state index contributed by atoms with van der Waals surface area (Å²) in [6, 6.07) is 15.9. The lowest BCUT2D eigenvalue weighted by Crippen LogP contribution is -2.15. The number of nitro groups is 1. The summed E-state index contributed by atoms with van der Waals surface area (Å²) in [6.07, 6.45) is 0. The largest absolute Gasteiger partial charge is 0.460 e. The minimum absolute atomic E-state index is 0.00722. The molecule has 0 saturated carbocycles. The molecule has 2 rings (SSSR count). The van der Waals surface area contributed by atoms with Gasteiger partial charge >= 0.3 is 5.97 Å². The number of hydrogen-bond donors (Lipinski definition) is 0. The highest BCUT2D eigenvalue weighted by atomic mass is 16.6. The third kappa shape index (κ3) is 3.73. The second kappa shape index (κ2) is 7.52. The number of carbonyl (C=O) groups excluding carboxylic acids is 1. The molecule has 7 heteroatoms. The lowest BCUT2D eigenvalue weighted by molar-refractivity contribution is -0.384. The Balaban J connectivity index is 2.22. The van der Waals surface area contributed by atoms with Crippen molar-refractivity contribution in [2.45, 2.75) is 12.5 Å². The predicted octanol–water partition coefficient (Wildman–Crippen LogP) is 2.82. The SMILES string of the molecule is N#Cc1cc([N+](=O)[O-])ccc1C(C#N)C(=O)OCc1ccccc1. The Morgan fingerprint density at radius 1 is 1.21 bits per heavy atom. The van der Waals surface area contributed by atoms with Crippen molar-refractivity contribution in [3.8, 4) is 12.1 Å². The third-order valence-corrected chi connectivity index (χ3v) is 3.27. The molecule has 1 atom stereocenters. The minimum atomic E-state index is -1.33. The van der Waals surface area contributed by atoms with Gasteiger partial charge in [0.15, 0.2) is 5.92 Å². The summed E-state index contributed by atoms with van der Waals surface area (Å²) in [5.74, 6) is -2.14. The molecular weight excluding hydrogens is 310 g/mol. The summed E-state index contributed by atoms with van der Waals surface area (Å²) in [4.78, 5) is 22.2. The molecule has 118 valence electrons. The first-order valence-corrected chi connectivity index (χ1v) is 6.85. The van der Waals surface area contributed by atoms with Gasteiger partial charge in [-0.15, -0.1) is 0 Å². The molecular formula is C17H11N3O4. The van der Waals surface area contributed by atoms with Gasteiger partial charge in [0.2, 0.25) is 0 Å². The zero-order valence-electron chi connectivity index (χ0n) is 12.4. The summed E-state index contributed by atoms with van der Waals surface area (Å²) in [7, 11) is 0. The number of nitriles is 2. The highest BCUT2D eigenvalue weighted by molar-refractivity contribution is 5.82. The number of carbonyl (C=O) groups is 1. The van der Waals surface area contributed by atoms with Gasteiger partial charge in [-0.3, -0.25) is 14.9 Å². The van der Waals surface area contributed by atoms with Crippen LogP contribution in [0.25, 0.3) is 0 Å². The Labute approximate surface area is 137 Å². The molecule has 0 saturated heterocycles. The van der Waals surface area contributed by atoms with E-state index in [-0.39, 0.29) is 23.4 Å². The Morgan fingerprint density at radius 2 is 1.92 bits per heavy atom. The predicted molar refractivity (Wildman–Crippen MR) is 82.4 cm³/mol. The number of ether oxygens (including phenoxy) is 1. The second-order valence-corrected chi connectivity index (χ2v) is 4.80. The Morgan fingerprint density at radius 3 is 2.50 bits per heavy atom. The van der Waals surface area contributed by atoms with Crippen LogP contribution in [-0.4, -0.2) is 10.9 Å². The zero-order valence-corrected chi connectivity index (χ0v) is 12.4. The summed E-state index contributed by atoms with van der Waals surface area (Å²) in [6.45, 7) is -0.00722. The van der Waals surface area contributed by atoms with Crippen molar-refractivity contribution in [2.75, 3.05) is 0 Å². The number of rotatable bonds is 5. The standard InChI is InChI=1S/C17H11N3O4/c18-9-13-8-14(20(22)23)6-7-15(13)16(10-19)17(21)24-11-12-4-2-1-3-5-12/h1-8,16H,11H2. The fourth-order valence-corrected chi connectivity index (χ4v) is 2.07. The van der Waals surface area contributed by atoms with Crippen LogP contribution < -0.4 is 0 Å². The maximum absolute atomic E-state index is 12.1. The van der Waals surface area contributed by atoms with E-state index in [0.717, 1.165) is 17.7 Å². The minimum Gasteiger partial charge on any atom is -0.460 e. The fourth-order valence-electron chi connectivity index (χ4n) is 2.07. The first-order chi connectivity index (χ1) is 11.6. The third-order valence-electron chi connectivity index (χ3n) is 3.27. The summed E-state index contributed by atoms with van der Waals surface area (Å²) in [5.41, 5.74) is 0.451. The number of non-ortho nitro benzene ring substituents is 1. The van der Waals surface area contributed by atoms with Crippen LogP contribution in [0.15, 0.2) is 48.5 Å². The molecule has 0 heterocycles. The molecule has 0 aromatic heterocycles. The summed E-state index contributed by atoms with van der Waals surface area (Å²) >= 11 is 0. The van der Waals surface area contributed by atoms with Crippen molar-refractivity contribution in [1.82, 2.24) is 0 Å². The van der Waals surface area contributed by atoms with Crippen LogP contribution in [0.1, 0.15) is 22.6 Å². The maximum atomic E-state index is 12.1. The van der Waals surface area contributed by atoms with Crippen LogP contribution >= 0.6 is 0 Å². The van der Waals surface area contributed by atoms with Crippen molar-refractivity contribution >= 4 is 11.7 Å². The van der Waals surface area contributed by atoms with E-state index in [1.165, 1.54) is 6.07 Å². The molecule has 0 fully saturated rings. The second-order valence-electron chi connectivity index (χ2n) is 4.80.